The highest BCUT2D eigenvalue weighted by atomic mass is 16.1. The highest BCUT2D eigenvalue weighted by Crippen LogP contribution is 2.17. The van der Waals surface area contributed by atoms with Crippen molar-refractivity contribution in [3.05, 3.63) is 65.7 Å². The minimum atomic E-state index is 0.00703. The molecule has 1 fully saturated rings. The summed E-state index contributed by atoms with van der Waals surface area (Å²) in [6, 6.07) is 18.6. The minimum Gasteiger partial charge on any atom is -0.369 e. The van der Waals surface area contributed by atoms with Crippen LogP contribution in [0.25, 0.3) is 0 Å². The van der Waals surface area contributed by atoms with Crippen LogP contribution in [-0.4, -0.2) is 69.1 Å². The Morgan fingerprint density at radius 2 is 1.74 bits per heavy atom. The molecule has 1 N–H and O–H groups in total. The Morgan fingerprint density at radius 3 is 2.44 bits per heavy atom. The molecule has 0 spiro atoms. The van der Waals surface area contributed by atoms with Gasteiger partial charge in [0.15, 0.2) is 0 Å². The normalized spacial score (nSPS) is 15.1. The summed E-state index contributed by atoms with van der Waals surface area (Å²) in [5, 5.41) is 2.98. The third-order valence-electron chi connectivity index (χ3n) is 4.93. The lowest BCUT2D eigenvalue weighted by Gasteiger charge is -2.36. The molecule has 0 saturated carbocycles. The number of rotatable bonds is 7. The van der Waals surface area contributed by atoms with Gasteiger partial charge in [-0.25, -0.2) is 0 Å². The molecule has 1 saturated heterocycles. The third kappa shape index (κ3) is 5.81. The first-order valence-electron chi connectivity index (χ1n) is 9.66. The Balaban J connectivity index is 1.51. The number of nitrogens with zero attached hydrogens (tertiary/aromatic N) is 3. The van der Waals surface area contributed by atoms with Gasteiger partial charge < -0.3 is 15.1 Å². The van der Waals surface area contributed by atoms with Crippen LogP contribution in [0.4, 0.5) is 5.69 Å². The Morgan fingerprint density at radius 1 is 1.00 bits per heavy atom. The molecule has 144 valence electrons. The van der Waals surface area contributed by atoms with E-state index in [1.165, 1.54) is 11.3 Å². The van der Waals surface area contributed by atoms with Crippen LogP contribution in [0.3, 0.4) is 0 Å². The van der Waals surface area contributed by atoms with Gasteiger partial charge in [-0.3, -0.25) is 9.69 Å². The number of hydrogen-bond acceptors (Lipinski definition) is 4. The molecule has 5 heteroatoms. The monoisotopic (exact) mass is 366 g/mol. The van der Waals surface area contributed by atoms with Crippen molar-refractivity contribution in [2.24, 2.45) is 0 Å². The fraction of sp³-hybridized carbons (Fsp3) is 0.409. The SMILES string of the molecule is CN(C)CCNC(=O)c1cccc(CN2CCN(c3ccccc3)CC2)c1. The molecule has 0 atom stereocenters. The van der Waals surface area contributed by atoms with Crippen molar-refractivity contribution >= 4 is 11.6 Å². The van der Waals surface area contributed by atoms with Gasteiger partial charge in [0.05, 0.1) is 0 Å². The fourth-order valence-corrected chi connectivity index (χ4v) is 3.37. The first-order valence-corrected chi connectivity index (χ1v) is 9.66. The molecule has 1 heterocycles. The minimum absolute atomic E-state index is 0.00703. The Kier molecular flexibility index (Phi) is 6.85. The number of benzene rings is 2. The van der Waals surface area contributed by atoms with E-state index >= 15 is 0 Å². The molecule has 27 heavy (non-hydrogen) atoms. The van der Waals surface area contributed by atoms with Gasteiger partial charge in [0, 0.05) is 57.1 Å². The number of likely N-dealkylation sites (N-methyl/N-ethyl adjacent to an activating group) is 1. The first kappa shape index (κ1) is 19.4. The Labute approximate surface area is 162 Å². The highest BCUT2D eigenvalue weighted by Gasteiger charge is 2.17. The van der Waals surface area contributed by atoms with E-state index in [1.54, 1.807) is 0 Å². The van der Waals surface area contributed by atoms with E-state index in [1.807, 2.05) is 32.3 Å². The number of amides is 1. The van der Waals surface area contributed by atoms with Crippen LogP contribution in [0.1, 0.15) is 15.9 Å². The van der Waals surface area contributed by atoms with E-state index in [0.29, 0.717) is 6.54 Å². The molecule has 0 unspecified atom stereocenters. The molecule has 0 aromatic heterocycles. The van der Waals surface area contributed by atoms with Gasteiger partial charge in [0.1, 0.15) is 0 Å². The van der Waals surface area contributed by atoms with Gasteiger partial charge in [-0.1, -0.05) is 30.3 Å². The van der Waals surface area contributed by atoms with Gasteiger partial charge >= 0.3 is 0 Å². The van der Waals surface area contributed by atoms with Crippen LogP contribution >= 0.6 is 0 Å². The van der Waals surface area contributed by atoms with Crippen LogP contribution in [0.2, 0.25) is 0 Å². The topological polar surface area (TPSA) is 38.8 Å². The smallest absolute Gasteiger partial charge is 0.251 e. The van der Waals surface area contributed by atoms with E-state index in [4.69, 9.17) is 0 Å². The quantitative estimate of drug-likeness (QED) is 0.816. The summed E-state index contributed by atoms with van der Waals surface area (Å²) in [5.41, 5.74) is 3.24. The predicted molar refractivity (Wildman–Crippen MR) is 111 cm³/mol. The summed E-state index contributed by atoms with van der Waals surface area (Å²) in [5.74, 6) is 0.00703. The molecule has 1 aliphatic heterocycles. The van der Waals surface area contributed by atoms with Crippen molar-refractivity contribution in [1.82, 2.24) is 15.1 Å². The van der Waals surface area contributed by atoms with Crippen molar-refractivity contribution < 1.29 is 4.79 Å². The first-order chi connectivity index (χ1) is 13.1. The number of carbonyl (C=O) groups is 1. The molecule has 1 aliphatic rings. The second kappa shape index (κ2) is 9.53. The molecule has 2 aromatic rings. The molecular weight excluding hydrogens is 336 g/mol. The van der Waals surface area contributed by atoms with Crippen LogP contribution in [0, 0.1) is 0 Å². The second-order valence-corrected chi connectivity index (χ2v) is 7.36. The molecule has 3 rings (SSSR count). The van der Waals surface area contributed by atoms with Crippen molar-refractivity contribution in [3.63, 3.8) is 0 Å². The largest absolute Gasteiger partial charge is 0.369 e. The Bertz CT molecular complexity index is 724. The van der Waals surface area contributed by atoms with Gasteiger partial charge in [0.25, 0.3) is 5.91 Å². The van der Waals surface area contributed by atoms with Crippen LogP contribution in [0.15, 0.2) is 54.6 Å². The molecule has 0 bridgehead atoms. The summed E-state index contributed by atoms with van der Waals surface area (Å²) >= 11 is 0. The summed E-state index contributed by atoms with van der Waals surface area (Å²) in [4.78, 5) is 19.3. The maximum absolute atomic E-state index is 12.3. The van der Waals surface area contributed by atoms with E-state index < -0.39 is 0 Å². The number of anilines is 1. The molecule has 1 amide bonds. The van der Waals surface area contributed by atoms with Crippen LogP contribution in [0.5, 0.6) is 0 Å². The summed E-state index contributed by atoms with van der Waals surface area (Å²) in [7, 11) is 4.01. The lowest BCUT2D eigenvalue weighted by molar-refractivity contribution is 0.0951. The van der Waals surface area contributed by atoms with Crippen molar-refractivity contribution in [2.75, 3.05) is 58.3 Å². The van der Waals surface area contributed by atoms with Gasteiger partial charge in [-0.05, 0) is 43.9 Å². The lowest BCUT2D eigenvalue weighted by atomic mass is 10.1. The molecular formula is C22H30N4O. The maximum Gasteiger partial charge on any atom is 0.251 e. The summed E-state index contributed by atoms with van der Waals surface area (Å²) in [6.45, 7) is 6.54. The zero-order valence-corrected chi connectivity index (χ0v) is 16.4. The van der Waals surface area contributed by atoms with Crippen molar-refractivity contribution in [3.8, 4) is 0 Å². The van der Waals surface area contributed by atoms with E-state index in [-0.39, 0.29) is 5.91 Å². The molecule has 0 aliphatic carbocycles. The van der Waals surface area contributed by atoms with Crippen LogP contribution in [-0.2, 0) is 6.54 Å². The fourth-order valence-electron chi connectivity index (χ4n) is 3.37. The van der Waals surface area contributed by atoms with Crippen molar-refractivity contribution in [1.29, 1.82) is 0 Å². The maximum atomic E-state index is 12.3. The number of para-hydroxylation sites is 1. The standard InChI is InChI=1S/C22H30N4O/c1-24(2)12-11-23-22(27)20-8-6-7-19(17-20)18-25-13-15-26(16-14-25)21-9-4-3-5-10-21/h3-10,17H,11-16,18H2,1-2H3,(H,23,27). The van der Waals surface area contributed by atoms with E-state index in [9.17, 15) is 4.79 Å². The zero-order chi connectivity index (χ0) is 19.1. The molecule has 5 nitrogen and oxygen atoms in total. The zero-order valence-electron chi connectivity index (χ0n) is 16.4. The van der Waals surface area contributed by atoms with E-state index in [2.05, 4.69) is 56.4 Å². The number of carbonyl (C=O) groups excluding carboxylic acids is 1. The van der Waals surface area contributed by atoms with Crippen LogP contribution < -0.4 is 10.2 Å². The average molecular weight is 367 g/mol. The second-order valence-electron chi connectivity index (χ2n) is 7.36. The van der Waals surface area contributed by atoms with Gasteiger partial charge in [-0.2, -0.15) is 0 Å². The Hall–Kier alpha value is -2.37. The molecule has 2 aromatic carbocycles. The number of hydrogen-bond donors (Lipinski definition) is 1. The van der Waals surface area contributed by atoms with Gasteiger partial charge in [-0.15, -0.1) is 0 Å². The summed E-state index contributed by atoms with van der Waals surface area (Å²) < 4.78 is 0. The van der Waals surface area contributed by atoms with E-state index in [0.717, 1.165) is 44.8 Å². The molecule has 0 radical (unpaired) electrons. The lowest BCUT2D eigenvalue weighted by Crippen LogP contribution is -2.45. The third-order valence-corrected chi connectivity index (χ3v) is 4.93. The van der Waals surface area contributed by atoms with Gasteiger partial charge in [0.2, 0.25) is 0 Å². The summed E-state index contributed by atoms with van der Waals surface area (Å²) in [6.07, 6.45) is 0. The predicted octanol–water partition coefficient (Wildman–Crippen LogP) is 2.30. The number of piperazine rings is 1. The van der Waals surface area contributed by atoms with Crippen molar-refractivity contribution in [2.45, 2.75) is 6.54 Å². The number of nitrogens with one attached hydrogen (secondary N) is 1. The average Bonchev–Trinajstić information content (AvgIpc) is 2.69. The highest BCUT2D eigenvalue weighted by molar-refractivity contribution is 5.94.